The van der Waals surface area contributed by atoms with E-state index in [-0.39, 0.29) is 5.54 Å². The van der Waals surface area contributed by atoms with Crippen molar-refractivity contribution in [3.05, 3.63) is 0 Å². The molecule has 0 aliphatic carbocycles. The predicted molar refractivity (Wildman–Crippen MR) is 50.3 cm³/mol. The fourth-order valence-corrected chi connectivity index (χ4v) is 1.47. The largest absolute Gasteiger partial charge is 0.379 e. The highest BCUT2D eigenvalue weighted by atomic mass is 32.1. The molecule has 0 bridgehead atoms. The highest BCUT2D eigenvalue weighted by molar-refractivity contribution is 7.80. The van der Waals surface area contributed by atoms with Crippen molar-refractivity contribution in [2.24, 2.45) is 0 Å². The van der Waals surface area contributed by atoms with Gasteiger partial charge in [0.05, 0.1) is 13.2 Å². The van der Waals surface area contributed by atoms with E-state index in [2.05, 4.69) is 31.4 Å². The van der Waals surface area contributed by atoms with Gasteiger partial charge in [-0.3, -0.25) is 4.90 Å². The Labute approximate surface area is 74.3 Å². The van der Waals surface area contributed by atoms with Crippen LogP contribution in [0.5, 0.6) is 0 Å². The highest BCUT2D eigenvalue weighted by Crippen LogP contribution is 2.16. The molecule has 2 nitrogen and oxygen atoms in total. The van der Waals surface area contributed by atoms with Crippen molar-refractivity contribution in [3.8, 4) is 0 Å². The second-order valence-corrected chi connectivity index (χ2v) is 3.89. The van der Waals surface area contributed by atoms with Gasteiger partial charge in [0.25, 0.3) is 0 Å². The van der Waals surface area contributed by atoms with Crippen molar-refractivity contribution in [2.45, 2.75) is 19.4 Å². The summed E-state index contributed by atoms with van der Waals surface area (Å²) in [5.74, 6) is 0.910. The molecule has 1 fully saturated rings. The molecule has 0 aromatic heterocycles. The number of ether oxygens (including phenoxy) is 1. The lowest BCUT2D eigenvalue weighted by atomic mass is 10.1. The van der Waals surface area contributed by atoms with Gasteiger partial charge in [0.15, 0.2) is 0 Å². The molecule has 3 heteroatoms. The summed E-state index contributed by atoms with van der Waals surface area (Å²) in [6.07, 6.45) is 0. The van der Waals surface area contributed by atoms with Gasteiger partial charge in [-0.25, -0.2) is 0 Å². The molecule has 11 heavy (non-hydrogen) atoms. The molecule has 1 saturated heterocycles. The zero-order valence-corrected chi connectivity index (χ0v) is 8.23. The first-order valence-corrected chi connectivity index (χ1v) is 4.74. The molecule has 0 atom stereocenters. The Morgan fingerprint density at radius 3 is 2.36 bits per heavy atom. The first-order chi connectivity index (χ1) is 5.17. The zero-order chi connectivity index (χ0) is 8.32. The molecule has 0 spiro atoms. The Morgan fingerprint density at radius 1 is 1.36 bits per heavy atom. The van der Waals surface area contributed by atoms with E-state index in [4.69, 9.17) is 4.74 Å². The van der Waals surface area contributed by atoms with Crippen molar-refractivity contribution in [1.82, 2.24) is 4.90 Å². The lowest BCUT2D eigenvalue weighted by Gasteiger charge is -2.39. The number of hydrogen-bond acceptors (Lipinski definition) is 3. The smallest absolute Gasteiger partial charge is 0.0594 e. The molecule has 1 heterocycles. The topological polar surface area (TPSA) is 12.5 Å². The zero-order valence-electron chi connectivity index (χ0n) is 7.34. The third-order valence-corrected chi connectivity index (χ3v) is 3.03. The lowest BCUT2D eigenvalue weighted by molar-refractivity contribution is -0.00226. The summed E-state index contributed by atoms with van der Waals surface area (Å²) in [5, 5.41) is 0. The molecular weight excluding hydrogens is 158 g/mol. The van der Waals surface area contributed by atoms with Crippen LogP contribution in [0.2, 0.25) is 0 Å². The highest BCUT2D eigenvalue weighted by Gasteiger charge is 2.26. The molecule has 0 radical (unpaired) electrons. The molecule has 0 aromatic rings. The van der Waals surface area contributed by atoms with E-state index in [0.717, 1.165) is 32.1 Å². The molecule has 1 rings (SSSR count). The maximum absolute atomic E-state index is 5.27. The molecule has 0 unspecified atom stereocenters. The number of rotatable bonds is 2. The van der Waals surface area contributed by atoms with Gasteiger partial charge in [0.1, 0.15) is 0 Å². The number of morpholine rings is 1. The third kappa shape index (κ3) is 2.36. The second-order valence-electron chi connectivity index (χ2n) is 3.57. The molecule has 1 aliphatic heterocycles. The molecule has 66 valence electrons. The van der Waals surface area contributed by atoms with Crippen LogP contribution in [-0.2, 0) is 4.74 Å². The average Bonchev–Trinajstić information content (AvgIpc) is 2.06. The van der Waals surface area contributed by atoms with E-state index < -0.39 is 0 Å². The van der Waals surface area contributed by atoms with Crippen LogP contribution < -0.4 is 0 Å². The molecule has 0 aromatic carbocycles. The fourth-order valence-electron chi connectivity index (χ4n) is 1.27. The van der Waals surface area contributed by atoms with Crippen LogP contribution in [0, 0.1) is 0 Å². The van der Waals surface area contributed by atoms with Gasteiger partial charge in [-0.2, -0.15) is 12.6 Å². The third-order valence-electron chi connectivity index (χ3n) is 2.25. The van der Waals surface area contributed by atoms with Crippen LogP contribution in [0.15, 0.2) is 0 Å². The number of hydrogen-bond donors (Lipinski definition) is 1. The normalized spacial score (nSPS) is 22.1. The Morgan fingerprint density at radius 2 is 1.91 bits per heavy atom. The first kappa shape index (κ1) is 9.36. The van der Waals surface area contributed by atoms with E-state index in [1.807, 2.05) is 0 Å². The van der Waals surface area contributed by atoms with Crippen LogP contribution in [-0.4, -0.2) is 42.5 Å². The molecule has 0 N–H and O–H groups in total. The quantitative estimate of drug-likeness (QED) is 0.629. The number of thiol groups is 1. The van der Waals surface area contributed by atoms with Gasteiger partial charge < -0.3 is 4.74 Å². The van der Waals surface area contributed by atoms with Gasteiger partial charge in [-0.15, -0.1) is 0 Å². The summed E-state index contributed by atoms with van der Waals surface area (Å²) < 4.78 is 5.27. The molecule has 1 aliphatic rings. The summed E-state index contributed by atoms with van der Waals surface area (Å²) >= 11 is 4.33. The Hall–Kier alpha value is 0.270. The summed E-state index contributed by atoms with van der Waals surface area (Å²) in [6.45, 7) is 8.30. The SMILES string of the molecule is CC(C)(CS)N1CCOCC1. The minimum absolute atomic E-state index is 0.229. The van der Waals surface area contributed by atoms with Crippen LogP contribution >= 0.6 is 12.6 Å². The van der Waals surface area contributed by atoms with Gasteiger partial charge in [-0.1, -0.05) is 0 Å². The van der Waals surface area contributed by atoms with Crippen molar-refractivity contribution in [2.75, 3.05) is 32.1 Å². The maximum Gasteiger partial charge on any atom is 0.0594 e. The standard InChI is InChI=1S/C8H17NOS/c1-8(2,7-11)9-3-5-10-6-4-9/h11H,3-7H2,1-2H3. The van der Waals surface area contributed by atoms with Crippen molar-refractivity contribution < 1.29 is 4.74 Å². The van der Waals surface area contributed by atoms with Crippen molar-refractivity contribution in [3.63, 3.8) is 0 Å². The van der Waals surface area contributed by atoms with Gasteiger partial charge in [0, 0.05) is 24.4 Å². The Balaban J connectivity index is 2.43. The summed E-state index contributed by atoms with van der Waals surface area (Å²) in [5.41, 5.74) is 0.229. The summed E-state index contributed by atoms with van der Waals surface area (Å²) in [7, 11) is 0. The van der Waals surface area contributed by atoms with Crippen LogP contribution in [0.4, 0.5) is 0 Å². The van der Waals surface area contributed by atoms with E-state index in [9.17, 15) is 0 Å². The fraction of sp³-hybridized carbons (Fsp3) is 1.00. The van der Waals surface area contributed by atoms with Crippen LogP contribution in [0.1, 0.15) is 13.8 Å². The van der Waals surface area contributed by atoms with E-state index in [1.54, 1.807) is 0 Å². The van der Waals surface area contributed by atoms with Crippen LogP contribution in [0.25, 0.3) is 0 Å². The van der Waals surface area contributed by atoms with Gasteiger partial charge in [0.2, 0.25) is 0 Å². The summed E-state index contributed by atoms with van der Waals surface area (Å²) in [6, 6.07) is 0. The van der Waals surface area contributed by atoms with Gasteiger partial charge >= 0.3 is 0 Å². The van der Waals surface area contributed by atoms with Gasteiger partial charge in [-0.05, 0) is 13.8 Å². The van der Waals surface area contributed by atoms with Crippen molar-refractivity contribution in [1.29, 1.82) is 0 Å². The molecule has 0 amide bonds. The average molecular weight is 175 g/mol. The molecule has 0 saturated carbocycles. The minimum atomic E-state index is 0.229. The van der Waals surface area contributed by atoms with E-state index >= 15 is 0 Å². The van der Waals surface area contributed by atoms with Crippen LogP contribution in [0.3, 0.4) is 0 Å². The van der Waals surface area contributed by atoms with Crippen molar-refractivity contribution >= 4 is 12.6 Å². The van der Waals surface area contributed by atoms with E-state index in [0.29, 0.717) is 0 Å². The lowest BCUT2D eigenvalue weighted by Crippen LogP contribution is -2.50. The molecular formula is C8H17NOS. The second kappa shape index (κ2) is 3.78. The Kier molecular flexibility index (Phi) is 3.22. The maximum atomic E-state index is 5.27. The summed E-state index contributed by atoms with van der Waals surface area (Å²) in [4.78, 5) is 2.43. The monoisotopic (exact) mass is 175 g/mol. The first-order valence-electron chi connectivity index (χ1n) is 4.10. The number of nitrogens with zero attached hydrogens (tertiary/aromatic N) is 1. The predicted octanol–water partition coefficient (Wildman–Crippen LogP) is 1.03. The Bertz CT molecular complexity index is 121. The minimum Gasteiger partial charge on any atom is -0.379 e. The van der Waals surface area contributed by atoms with E-state index in [1.165, 1.54) is 0 Å².